The van der Waals surface area contributed by atoms with E-state index in [1.165, 1.54) is 44.9 Å². The largest absolute Gasteiger partial charge is 0.481 e. The lowest BCUT2D eigenvalue weighted by molar-refractivity contribution is -0.137. The fourth-order valence-electron chi connectivity index (χ4n) is 4.98. The Balaban J connectivity index is 2.01. The lowest BCUT2D eigenvalue weighted by Gasteiger charge is -2.26. The Hall–Kier alpha value is -1.16. The molecule has 0 bridgehead atoms. The lowest BCUT2D eigenvalue weighted by Crippen LogP contribution is -2.41. The molecule has 1 amide bonds. The highest BCUT2D eigenvalue weighted by Crippen LogP contribution is 2.27. The number of carboxylic acid groups (broad SMARTS) is 1. The number of unbranched alkanes of at least 4 members (excludes halogenated alkanes) is 11. The minimum atomic E-state index is -0.685. The molecule has 0 aromatic heterocycles. The number of carboxylic acids is 1. The second-order valence-corrected chi connectivity index (χ2v) is 11.6. The van der Waals surface area contributed by atoms with Crippen LogP contribution in [0, 0.1) is 0 Å². The Morgan fingerprint density at radius 2 is 1.33 bits per heavy atom. The average molecular weight is 556 g/mol. The maximum atomic E-state index is 12.2. The maximum Gasteiger partial charge on any atom is 0.303 e. The predicted octanol–water partition coefficient (Wildman–Crippen LogP) is 5.00. The second kappa shape index (κ2) is 22.5. The fraction of sp³-hybridized carbons (Fsp3) is 0.933. The van der Waals surface area contributed by atoms with Gasteiger partial charge in [-0.05, 0) is 47.0 Å². The molecule has 2 unspecified atom stereocenters. The van der Waals surface area contributed by atoms with Gasteiger partial charge in [0.05, 0.1) is 24.8 Å². The van der Waals surface area contributed by atoms with Crippen LogP contribution in [0.4, 0.5) is 0 Å². The summed E-state index contributed by atoms with van der Waals surface area (Å²) in [6, 6.07) is -0.0639. The standard InChI is InChI=1S/C30H58BNO7/c1-23(2)37-22-25-28(38-24(3)4)29(30(31)39-25)36-21-17-20-32-26(33)18-15-13-11-9-7-5-6-8-10-12-14-16-19-27(34)35/h23-25,28-30H,5-22,31H2,1-4H3,(H,32,33)(H,34,35)/t25-,28?,29?,30-/m1/s1. The monoisotopic (exact) mass is 555 g/mol. The minimum absolute atomic E-state index is 0.0639. The van der Waals surface area contributed by atoms with Gasteiger partial charge < -0.3 is 29.4 Å². The van der Waals surface area contributed by atoms with Crippen LogP contribution >= 0.6 is 0 Å². The van der Waals surface area contributed by atoms with Crippen molar-refractivity contribution in [1.29, 1.82) is 0 Å². The van der Waals surface area contributed by atoms with Crippen LogP contribution in [0.2, 0.25) is 0 Å². The molecule has 1 heterocycles. The van der Waals surface area contributed by atoms with Gasteiger partial charge in [-0.15, -0.1) is 0 Å². The first-order valence-electron chi connectivity index (χ1n) is 15.7. The van der Waals surface area contributed by atoms with E-state index in [4.69, 9.17) is 24.1 Å². The molecule has 228 valence electrons. The topological polar surface area (TPSA) is 103 Å². The van der Waals surface area contributed by atoms with E-state index in [9.17, 15) is 9.59 Å². The van der Waals surface area contributed by atoms with Crippen molar-refractivity contribution in [3.63, 3.8) is 0 Å². The van der Waals surface area contributed by atoms with Crippen molar-refractivity contribution in [3.05, 3.63) is 0 Å². The molecule has 2 N–H and O–H groups in total. The Morgan fingerprint density at radius 3 is 1.85 bits per heavy atom. The normalized spacial score (nSPS) is 21.2. The molecule has 1 fully saturated rings. The number of rotatable bonds is 25. The molecule has 39 heavy (non-hydrogen) atoms. The first-order chi connectivity index (χ1) is 18.7. The van der Waals surface area contributed by atoms with Crippen LogP contribution in [0.5, 0.6) is 0 Å². The first-order valence-corrected chi connectivity index (χ1v) is 15.7. The number of carbonyl (C=O) groups is 2. The summed E-state index contributed by atoms with van der Waals surface area (Å²) in [6.07, 6.45) is 15.2. The molecule has 0 saturated carbocycles. The zero-order valence-electron chi connectivity index (χ0n) is 25.6. The Kier molecular flexibility index (Phi) is 20.7. The van der Waals surface area contributed by atoms with Gasteiger partial charge in [0.25, 0.3) is 0 Å². The van der Waals surface area contributed by atoms with Crippen molar-refractivity contribution in [1.82, 2.24) is 5.32 Å². The Bertz CT molecular complexity index is 634. The maximum absolute atomic E-state index is 12.2. The summed E-state index contributed by atoms with van der Waals surface area (Å²) in [5.41, 5.74) is 0. The molecule has 1 aliphatic rings. The Morgan fingerprint density at radius 1 is 0.795 bits per heavy atom. The van der Waals surface area contributed by atoms with Crippen molar-refractivity contribution in [2.24, 2.45) is 0 Å². The summed E-state index contributed by atoms with van der Waals surface area (Å²) in [5, 5.41) is 11.7. The molecule has 9 heteroatoms. The summed E-state index contributed by atoms with van der Waals surface area (Å²) in [7, 11) is 2.02. The van der Waals surface area contributed by atoms with E-state index in [0.29, 0.717) is 32.6 Å². The van der Waals surface area contributed by atoms with E-state index in [-0.39, 0.29) is 42.4 Å². The van der Waals surface area contributed by atoms with Crippen LogP contribution in [0.1, 0.15) is 124 Å². The van der Waals surface area contributed by atoms with Gasteiger partial charge in [0.15, 0.2) is 0 Å². The van der Waals surface area contributed by atoms with Crippen LogP contribution in [0.15, 0.2) is 0 Å². The van der Waals surface area contributed by atoms with E-state index < -0.39 is 5.97 Å². The number of nitrogens with one attached hydrogen (secondary N) is 1. The molecule has 0 aromatic carbocycles. The summed E-state index contributed by atoms with van der Waals surface area (Å²) in [6.45, 7) is 9.75. The van der Waals surface area contributed by atoms with Crippen molar-refractivity contribution in [2.75, 3.05) is 19.8 Å². The third-order valence-corrected chi connectivity index (χ3v) is 7.06. The number of amides is 1. The molecule has 1 saturated heterocycles. The van der Waals surface area contributed by atoms with Crippen molar-refractivity contribution in [2.45, 2.75) is 161 Å². The SMILES string of the molecule is B[C@@H]1O[C@H](COC(C)C)C(OC(C)C)C1OCCCNC(=O)CCCCCCCCCCCCCCC(=O)O. The van der Waals surface area contributed by atoms with E-state index in [1.54, 1.807) is 0 Å². The highest BCUT2D eigenvalue weighted by Gasteiger charge is 2.44. The van der Waals surface area contributed by atoms with E-state index >= 15 is 0 Å². The van der Waals surface area contributed by atoms with Gasteiger partial charge in [-0.25, -0.2) is 0 Å². The quantitative estimate of drug-likeness (QED) is 0.121. The van der Waals surface area contributed by atoms with Crippen LogP contribution in [0.3, 0.4) is 0 Å². The van der Waals surface area contributed by atoms with Crippen LogP contribution in [-0.4, -0.2) is 81.1 Å². The van der Waals surface area contributed by atoms with Gasteiger partial charge in [0.2, 0.25) is 5.91 Å². The number of carbonyl (C=O) groups excluding carboxylic acids is 1. The molecule has 0 aromatic rings. The molecule has 0 aliphatic carbocycles. The minimum Gasteiger partial charge on any atom is -0.481 e. The molecule has 4 atom stereocenters. The highest BCUT2D eigenvalue weighted by atomic mass is 16.6. The van der Waals surface area contributed by atoms with Gasteiger partial charge in [-0.1, -0.05) is 64.2 Å². The summed E-state index contributed by atoms with van der Waals surface area (Å²) in [4.78, 5) is 22.6. The lowest BCUT2D eigenvalue weighted by atomic mass is 9.92. The van der Waals surface area contributed by atoms with Crippen LogP contribution in [0.25, 0.3) is 0 Å². The third-order valence-electron chi connectivity index (χ3n) is 7.06. The van der Waals surface area contributed by atoms with Gasteiger partial charge in [0, 0.05) is 26.0 Å². The predicted molar refractivity (Wildman–Crippen MR) is 158 cm³/mol. The van der Waals surface area contributed by atoms with E-state index in [2.05, 4.69) is 5.32 Å². The number of hydrogen-bond acceptors (Lipinski definition) is 6. The fourth-order valence-corrected chi connectivity index (χ4v) is 4.98. The molecule has 0 radical (unpaired) electrons. The van der Waals surface area contributed by atoms with Crippen molar-refractivity contribution in [3.8, 4) is 0 Å². The van der Waals surface area contributed by atoms with E-state index in [1.807, 2.05) is 35.5 Å². The van der Waals surface area contributed by atoms with Gasteiger partial charge >= 0.3 is 5.97 Å². The first kappa shape index (κ1) is 35.9. The molecular weight excluding hydrogens is 497 g/mol. The summed E-state index contributed by atoms with van der Waals surface area (Å²) >= 11 is 0. The van der Waals surface area contributed by atoms with E-state index in [0.717, 1.165) is 38.5 Å². The van der Waals surface area contributed by atoms with Crippen molar-refractivity contribution >= 4 is 19.7 Å². The zero-order chi connectivity index (χ0) is 28.9. The molecule has 8 nitrogen and oxygen atoms in total. The second-order valence-electron chi connectivity index (χ2n) is 11.6. The number of aliphatic carboxylic acids is 1. The number of ether oxygens (including phenoxy) is 4. The van der Waals surface area contributed by atoms with Gasteiger partial charge in [-0.3, -0.25) is 9.59 Å². The average Bonchev–Trinajstić information content (AvgIpc) is 3.15. The molecule has 1 aliphatic heterocycles. The summed E-state index contributed by atoms with van der Waals surface area (Å²) in [5.74, 6) is -0.557. The summed E-state index contributed by atoms with van der Waals surface area (Å²) < 4.78 is 24.2. The van der Waals surface area contributed by atoms with Crippen LogP contribution in [-0.2, 0) is 28.5 Å². The van der Waals surface area contributed by atoms with Gasteiger partial charge in [-0.2, -0.15) is 0 Å². The number of hydrogen-bond donors (Lipinski definition) is 2. The van der Waals surface area contributed by atoms with Crippen LogP contribution < -0.4 is 5.32 Å². The third kappa shape index (κ3) is 18.8. The molecule has 1 rings (SSSR count). The smallest absolute Gasteiger partial charge is 0.303 e. The Labute approximate surface area is 239 Å². The molecule has 0 spiro atoms. The zero-order valence-corrected chi connectivity index (χ0v) is 25.6. The molecular formula is C30H58BNO7. The van der Waals surface area contributed by atoms with Gasteiger partial charge in [0.1, 0.15) is 26.2 Å². The highest BCUT2D eigenvalue weighted by molar-refractivity contribution is 6.11. The van der Waals surface area contributed by atoms with Crippen molar-refractivity contribution < 1.29 is 33.6 Å².